The summed E-state index contributed by atoms with van der Waals surface area (Å²) in [5.41, 5.74) is 1.58. The first-order valence-electron chi connectivity index (χ1n) is 8.35. The first kappa shape index (κ1) is 18.7. The normalized spacial score (nSPS) is 10.6. The molecule has 0 spiro atoms. The van der Waals surface area contributed by atoms with E-state index < -0.39 is 11.2 Å². The van der Waals surface area contributed by atoms with Crippen LogP contribution in [-0.4, -0.2) is 21.2 Å². The average Bonchev–Trinajstić information content (AvgIpc) is 2.62. The minimum absolute atomic E-state index is 0.141. The van der Waals surface area contributed by atoms with Crippen LogP contribution in [0.15, 0.2) is 69.1 Å². The molecule has 2 N–H and O–H groups in total. The molecule has 0 aliphatic rings. The van der Waals surface area contributed by atoms with Crippen molar-refractivity contribution in [2.75, 3.05) is 11.1 Å². The quantitative estimate of drug-likeness (QED) is 0.666. The van der Waals surface area contributed by atoms with Crippen molar-refractivity contribution >= 4 is 23.5 Å². The Bertz CT molecular complexity index is 1070. The highest BCUT2D eigenvalue weighted by Gasteiger charge is 2.12. The summed E-state index contributed by atoms with van der Waals surface area (Å²) in [6, 6.07) is 16.3. The molecule has 0 bridgehead atoms. The topological polar surface area (TPSA) is 84.0 Å². The third-order valence-corrected chi connectivity index (χ3v) is 4.90. The van der Waals surface area contributed by atoms with Gasteiger partial charge in [-0.1, -0.05) is 35.4 Å². The highest BCUT2D eigenvalue weighted by molar-refractivity contribution is 8.00. The number of aromatic nitrogens is 2. The zero-order chi connectivity index (χ0) is 19.4. The van der Waals surface area contributed by atoms with Crippen LogP contribution < -0.4 is 16.6 Å². The van der Waals surface area contributed by atoms with E-state index in [4.69, 9.17) is 0 Å². The predicted molar refractivity (Wildman–Crippen MR) is 108 cm³/mol. The van der Waals surface area contributed by atoms with Crippen molar-refractivity contribution in [2.45, 2.75) is 18.7 Å². The van der Waals surface area contributed by atoms with Crippen LogP contribution in [0.5, 0.6) is 0 Å². The molecule has 6 nitrogen and oxygen atoms in total. The number of nitrogens with zero attached hydrogens (tertiary/aromatic N) is 1. The molecule has 1 heterocycles. The second-order valence-electron chi connectivity index (χ2n) is 6.14. The standard InChI is InChI=1S/C20H19N3O3S/c1-13-3-7-15(8-4-13)23-17(11-18(24)22-20(23)26)21-19(25)12-27-16-9-5-14(2)6-10-16/h3-11H,12H2,1-2H3,(H,21,25)(H,22,24,26). The molecule has 0 radical (unpaired) electrons. The van der Waals surface area contributed by atoms with Gasteiger partial charge in [-0.05, 0) is 38.1 Å². The Hall–Kier alpha value is -3.06. The van der Waals surface area contributed by atoms with Gasteiger partial charge >= 0.3 is 5.69 Å². The van der Waals surface area contributed by atoms with E-state index >= 15 is 0 Å². The van der Waals surface area contributed by atoms with E-state index in [9.17, 15) is 14.4 Å². The van der Waals surface area contributed by atoms with Crippen LogP contribution in [0.4, 0.5) is 5.82 Å². The minimum Gasteiger partial charge on any atom is -0.311 e. The molecule has 0 aliphatic heterocycles. The molecule has 0 fully saturated rings. The third kappa shape index (κ3) is 4.77. The number of amides is 1. The van der Waals surface area contributed by atoms with Crippen LogP contribution >= 0.6 is 11.8 Å². The predicted octanol–water partition coefficient (Wildman–Crippen LogP) is 2.87. The van der Waals surface area contributed by atoms with Crippen LogP contribution in [-0.2, 0) is 4.79 Å². The monoisotopic (exact) mass is 381 g/mol. The van der Waals surface area contributed by atoms with Crippen molar-refractivity contribution in [3.8, 4) is 5.69 Å². The Morgan fingerprint density at radius 3 is 2.22 bits per heavy atom. The van der Waals surface area contributed by atoms with Crippen molar-refractivity contribution in [1.82, 2.24) is 9.55 Å². The smallest absolute Gasteiger partial charge is 0.311 e. The second kappa shape index (κ2) is 8.09. The molecule has 1 aromatic heterocycles. The van der Waals surface area contributed by atoms with Crippen LogP contribution in [0.3, 0.4) is 0 Å². The Kier molecular flexibility index (Phi) is 5.61. The Morgan fingerprint density at radius 2 is 1.59 bits per heavy atom. The SMILES string of the molecule is Cc1ccc(SCC(=O)Nc2cc(=O)[nH]c(=O)n2-c2ccc(C)cc2)cc1. The number of hydrogen-bond donors (Lipinski definition) is 2. The van der Waals surface area contributed by atoms with Crippen LogP contribution in [0.2, 0.25) is 0 Å². The Labute approximate surface area is 160 Å². The summed E-state index contributed by atoms with van der Waals surface area (Å²) in [4.78, 5) is 39.6. The number of carbonyl (C=O) groups excluding carboxylic acids is 1. The molecule has 7 heteroatoms. The summed E-state index contributed by atoms with van der Waals surface area (Å²) in [6.07, 6.45) is 0. The first-order valence-corrected chi connectivity index (χ1v) is 9.34. The van der Waals surface area contributed by atoms with Gasteiger partial charge in [0.05, 0.1) is 11.4 Å². The van der Waals surface area contributed by atoms with E-state index in [-0.39, 0.29) is 17.5 Å². The fourth-order valence-corrected chi connectivity index (χ4v) is 3.20. The number of nitrogens with one attached hydrogen (secondary N) is 2. The second-order valence-corrected chi connectivity index (χ2v) is 7.19. The number of anilines is 1. The lowest BCUT2D eigenvalue weighted by Gasteiger charge is -2.13. The highest BCUT2D eigenvalue weighted by Crippen LogP contribution is 2.19. The van der Waals surface area contributed by atoms with Gasteiger partial charge in [-0.15, -0.1) is 11.8 Å². The molecule has 0 saturated heterocycles. The zero-order valence-electron chi connectivity index (χ0n) is 15.0. The Morgan fingerprint density at radius 1 is 1.00 bits per heavy atom. The molecule has 3 rings (SSSR count). The average molecular weight is 381 g/mol. The molecule has 0 atom stereocenters. The van der Waals surface area contributed by atoms with Gasteiger partial charge in [0.1, 0.15) is 5.82 Å². The molecular weight excluding hydrogens is 362 g/mol. The number of rotatable bonds is 5. The first-order chi connectivity index (χ1) is 12.9. The highest BCUT2D eigenvalue weighted by atomic mass is 32.2. The van der Waals surface area contributed by atoms with Gasteiger partial charge in [0.15, 0.2) is 0 Å². The van der Waals surface area contributed by atoms with E-state index in [2.05, 4.69) is 10.3 Å². The van der Waals surface area contributed by atoms with E-state index in [1.165, 1.54) is 22.4 Å². The molecular formula is C20H19N3O3S. The van der Waals surface area contributed by atoms with Gasteiger partial charge in [-0.2, -0.15) is 0 Å². The summed E-state index contributed by atoms with van der Waals surface area (Å²) in [7, 11) is 0. The molecule has 0 unspecified atom stereocenters. The molecule has 0 saturated carbocycles. The van der Waals surface area contributed by atoms with Gasteiger partial charge in [-0.3, -0.25) is 14.6 Å². The molecule has 2 aromatic carbocycles. The number of H-pyrrole nitrogens is 1. The summed E-state index contributed by atoms with van der Waals surface area (Å²) in [6.45, 7) is 3.93. The van der Waals surface area contributed by atoms with Gasteiger partial charge in [0.25, 0.3) is 5.56 Å². The maximum Gasteiger partial charge on any atom is 0.334 e. The van der Waals surface area contributed by atoms with Crippen molar-refractivity contribution < 1.29 is 4.79 Å². The van der Waals surface area contributed by atoms with Crippen LogP contribution in [0.1, 0.15) is 11.1 Å². The van der Waals surface area contributed by atoms with Crippen LogP contribution in [0.25, 0.3) is 5.69 Å². The fourth-order valence-electron chi connectivity index (χ4n) is 2.50. The maximum atomic E-state index is 12.4. The number of thioether (sulfide) groups is 1. The zero-order valence-corrected chi connectivity index (χ0v) is 15.8. The van der Waals surface area contributed by atoms with Gasteiger partial charge in [0.2, 0.25) is 5.91 Å². The van der Waals surface area contributed by atoms with Crippen molar-refractivity contribution in [2.24, 2.45) is 0 Å². The molecule has 1 amide bonds. The van der Waals surface area contributed by atoms with E-state index in [0.29, 0.717) is 5.69 Å². The number of aryl methyl sites for hydroxylation is 2. The minimum atomic E-state index is -0.604. The number of benzene rings is 2. The molecule has 27 heavy (non-hydrogen) atoms. The Balaban J connectivity index is 1.82. The van der Waals surface area contributed by atoms with Crippen molar-refractivity contribution in [3.63, 3.8) is 0 Å². The molecule has 138 valence electrons. The number of aromatic amines is 1. The van der Waals surface area contributed by atoms with E-state index in [1.807, 2.05) is 50.2 Å². The lowest BCUT2D eigenvalue weighted by molar-refractivity contribution is -0.113. The third-order valence-electron chi connectivity index (χ3n) is 3.89. The van der Waals surface area contributed by atoms with E-state index in [1.54, 1.807) is 12.1 Å². The fraction of sp³-hybridized carbons (Fsp3) is 0.150. The van der Waals surface area contributed by atoms with Crippen molar-refractivity contribution in [3.05, 3.63) is 86.6 Å². The summed E-state index contributed by atoms with van der Waals surface area (Å²) < 4.78 is 1.27. The summed E-state index contributed by atoms with van der Waals surface area (Å²) >= 11 is 1.38. The summed E-state index contributed by atoms with van der Waals surface area (Å²) in [5, 5.41) is 2.67. The summed E-state index contributed by atoms with van der Waals surface area (Å²) in [5.74, 6) is 0.00588. The van der Waals surface area contributed by atoms with Gasteiger partial charge in [0, 0.05) is 11.0 Å². The van der Waals surface area contributed by atoms with Gasteiger partial charge in [-0.25, -0.2) is 9.36 Å². The lowest BCUT2D eigenvalue weighted by Crippen LogP contribution is -2.32. The largest absolute Gasteiger partial charge is 0.334 e. The van der Waals surface area contributed by atoms with E-state index in [0.717, 1.165) is 16.0 Å². The maximum absolute atomic E-state index is 12.4. The number of carbonyl (C=O) groups is 1. The molecule has 3 aromatic rings. The molecule has 0 aliphatic carbocycles. The lowest BCUT2D eigenvalue weighted by atomic mass is 10.2. The van der Waals surface area contributed by atoms with Crippen molar-refractivity contribution in [1.29, 1.82) is 0 Å². The number of hydrogen-bond acceptors (Lipinski definition) is 4. The van der Waals surface area contributed by atoms with Gasteiger partial charge < -0.3 is 5.32 Å². The van der Waals surface area contributed by atoms with Crippen LogP contribution in [0, 0.1) is 13.8 Å².